The summed E-state index contributed by atoms with van der Waals surface area (Å²) in [6.07, 6.45) is 0.360. The van der Waals surface area contributed by atoms with E-state index in [9.17, 15) is 4.79 Å². The molecule has 1 aromatic heterocycles. The first-order valence-corrected chi connectivity index (χ1v) is 10.5. The molecule has 0 spiro atoms. The number of anilines is 1. The van der Waals surface area contributed by atoms with Crippen LogP contribution in [0.2, 0.25) is 0 Å². The third kappa shape index (κ3) is 3.59. The summed E-state index contributed by atoms with van der Waals surface area (Å²) in [7, 11) is 0. The third-order valence-corrected chi connectivity index (χ3v) is 5.89. The number of carbonyl (C=O) groups is 1. The number of rotatable bonds is 4. The van der Waals surface area contributed by atoms with Crippen LogP contribution in [0, 0.1) is 13.8 Å². The van der Waals surface area contributed by atoms with Gasteiger partial charge in [-0.3, -0.25) is 4.79 Å². The molecule has 2 N–H and O–H groups in total. The molecule has 1 amide bonds. The molecular weight excluding hydrogens is 380 g/mol. The van der Waals surface area contributed by atoms with Gasteiger partial charge in [0.05, 0.1) is 11.9 Å². The van der Waals surface area contributed by atoms with Crippen molar-refractivity contribution in [3.63, 3.8) is 0 Å². The number of aromatic nitrogens is 1. The highest BCUT2D eigenvalue weighted by Crippen LogP contribution is 2.36. The zero-order valence-corrected chi connectivity index (χ0v) is 17.7. The first-order valence-electron chi connectivity index (χ1n) is 10.5. The van der Waals surface area contributed by atoms with Crippen LogP contribution in [0.1, 0.15) is 16.7 Å². The molecule has 0 aliphatic rings. The lowest BCUT2D eigenvalue weighted by atomic mass is 9.99. The SMILES string of the molecule is Cc1ccc(C)c(CC(=O)Nc2ccccc2-c2cccc3c2[nH]c2ccccc23)c1. The predicted octanol–water partition coefficient (Wildman–Crippen LogP) is 6.79. The Balaban J connectivity index is 1.53. The largest absolute Gasteiger partial charge is 0.354 e. The van der Waals surface area contributed by atoms with E-state index in [1.54, 1.807) is 0 Å². The van der Waals surface area contributed by atoms with E-state index < -0.39 is 0 Å². The Morgan fingerprint density at radius 2 is 1.55 bits per heavy atom. The lowest BCUT2D eigenvalue weighted by Crippen LogP contribution is -2.15. The monoisotopic (exact) mass is 404 g/mol. The Kier molecular flexibility index (Phi) is 4.79. The number of H-pyrrole nitrogens is 1. The van der Waals surface area contributed by atoms with Crippen molar-refractivity contribution in [2.75, 3.05) is 5.32 Å². The van der Waals surface area contributed by atoms with E-state index in [0.29, 0.717) is 6.42 Å². The quantitative estimate of drug-likeness (QED) is 0.340. The number of aromatic amines is 1. The van der Waals surface area contributed by atoms with Crippen molar-refractivity contribution in [1.82, 2.24) is 4.98 Å². The molecule has 5 rings (SSSR count). The topological polar surface area (TPSA) is 44.9 Å². The van der Waals surface area contributed by atoms with Gasteiger partial charge in [-0.05, 0) is 37.1 Å². The number of aryl methyl sites for hydroxylation is 2. The highest BCUT2D eigenvalue weighted by molar-refractivity contribution is 6.13. The summed E-state index contributed by atoms with van der Waals surface area (Å²) in [5.74, 6) is -0.00929. The molecule has 152 valence electrons. The van der Waals surface area contributed by atoms with Crippen LogP contribution in [0.15, 0.2) is 84.9 Å². The molecule has 0 fully saturated rings. The average molecular weight is 405 g/mol. The van der Waals surface area contributed by atoms with Gasteiger partial charge in [0.15, 0.2) is 0 Å². The van der Waals surface area contributed by atoms with Crippen molar-refractivity contribution >= 4 is 33.4 Å². The summed E-state index contributed by atoms with van der Waals surface area (Å²) in [6.45, 7) is 4.10. The third-order valence-electron chi connectivity index (χ3n) is 5.89. The number of hydrogen-bond acceptors (Lipinski definition) is 1. The predicted molar refractivity (Wildman–Crippen MR) is 129 cm³/mol. The van der Waals surface area contributed by atoms with Crippen LogP contribution in [0.25, 0.3) is 32.9 Å². The fourth-order valence-corrected chi connectivity index (χ4v) is 4.28. The summed E-state index contributed by atoms with van der Waals surface area (Å²) >= 11 is 0. The molecule has 1 heterocycles. The molecule has 0 aliphatic heterocycles. The molecular formula is C28H24N2O. The van der Waals surface area contributed by atoms with Crippen LogP contribution < -0.4 is 5.32 Å². The number of para-hydroxylation sites is 3. The van der Waals surface area contributed by atoms with E-state index in [1.807, 2.05) is 31.2 Å². The lowest BCUT2D eigenvalue weighted by Gasteiger charge is -2.13. The maximum atomic E-state index is 12.9. The van der Waals surface area contributed by atoms with Crippen LogP contribution in [-0.2, 0) is 11.2 Å². The molecule has 0 unspecified atom stereocenters. The zero-order valence-electron chi connectivity index (χ0n) is 17.7. The summed E-state index contributed by atoms with van der Waals surface area (Å²) < 4.78 is 0. The molecule has 0 saturated heterocycles. The van der Waals surface area contributed by atoms with Gasteiger partial charge in [-0.1, -0.05) is 78.4 Å². The van der Waals surface area contributed by atoms with Gasteiger partial charge >= 0.3 is 0 Å². The van der Waals surface area contributed by atoms with Crippen molar-refractivity contribution in [1.29, 1.82) is 0 Å². The van der Waals surface area contributed by atoms with E-state index in [4.69, 9.17) is 0 Å². The number of nitrogens with one attached hydrogen (secondary N) is 2. The molecule has 3 nitrogen and oxygen atoms in total. The number of hydrogen-bond donors (Lipinski definition) is 2. The molecule has 31 heavy (non-hydrogen) atoms. The molecule has 3 heteroatoms. The molecule has 0 aliphatic carbocycles. The van der Waals surface area contributed by atoms with Crippen LogP contribution in [0.3, 0.4) is 0 Å². The molecule has 0 atom stereocenters. The Hall–Kier alpha value is -3.85. The van der Waals surface area contributed by atoms with E-state index in [-0.39, 0.29) is 5.91 Å². The van der Waals surface area contributed by atoms with Crippen molar-refractivity contribution < 1.29 is 4.79 Å². The van der Waals surface area contributed by atoms with Gasteiger partial charge in [-0.25, -0.2) is 0 Å². The van der Waals surface area contributed by atoms with Crippen molar-refractivity contribution in [2.24, 2.45) is 0 Å². The smallest absolute Gasteiger partial charge is 0.228 e. The molecule has 0 saturated carbocycles. The van der Waals surface area contributed by atoms with Crippen molar-refractivity contribution in [3.8, 4) is 11.1 Å². The van der Waals surface area contributed by atoms with Gasteiger partial charge < -0.3 is 10.3 Å². The molecule has 5 aromatic rings. The second kappa shape index (κ2) is 7.77. The van der Waals surface area contributed by atoms with Gasteiger partial charge in [0.2, 0.25) is 5.91 Å². The highest BCUT2D eigenvalue weighted by Gasteiger charge is 2.14. The maximum absolute atomic E-state index is 12.9. The first-order chi connectivity index (χ1) is 15.1. The van der Waals surface area contributed by atoms with Crippen LogP contribution in [-0.4, -0.2) is 10.9 Å². The summed E-state index contributed by atoms with van der Waals surface area (Å²) in [6, 6.07) is 28.9. The minimum atomic E-state index is -0.00929. The number of fused-ring (bicyclic) bond motifs is 3. The van der Waals surface area contributed by atoms with Gasteiger partial charge in [-0.2, -0.15) is 0 Å². The fraction of sp³-hybridized carbons (Fsp3) is 0.107. The standard InChI is InChI=1S/C28H24N2O/c1-18-14-15-19(2)20(16-18)17-27(31)29-25-12-5-3-8-21(25)23-10-7-11-24-22-9-4-6-13-26(22)30-28(23)24/h3-16,30H,17H2,1-2H3,(H,29,31). The second-order valence-corrected chi connectivity index (χ2v) is 8.10. The molecule has 0 radical (unpaired) electrons. The number of carbonyl (C=O) groups excluding carboxylic acids is 1. The highest BCUT2D eigenvalue weighted by atomic mass is 16.1. The summed E-state index contributed by atoms with van der Waals surface area (Å²) in [5, 5.41) is 5.54. The van der Waals surface area contributed by atoms with Gasteiger partial charge in [0.1, 0.15) is 0 Å². The first kappa shape index (κ1) is 19.1. The minimum Gasteiger partial charge on any atom is -0.354 e. The summed E-state index contributed by atoms with van der Waals surface area (Å²) in [4.78, 5) is 16.5. The lowest BCUT2D eigenvalue weighted by molar-refractivity contribution is -0.115. The Labute approximate surface area is 181 Å². The Morgan fingerprint density at radius 1 is 0.806 bits per heavy atom. The van der Waals surface area contributed by atoms with Gasteiger partial charge in [-0.15, -0.1) is 0 Å². The average Bonchev–Trinajstić information content (AvgIpc) is 3.16. The summed E-state index contributed by atoms with van der Waals surface area (Å²) in [5.41, 5.74) is 8.47. The molecule has 4 aromatic carbocycles. The fourth-order valence-electron chi connectivity index (χ4n) is 4.28. The van der Waals surface area contributed by atoms with Crippen LogP contribution >= 0.6 is 0 Å². The van der Waals surface area contributed by atoms with E-state index in [2.05, 4.69) is 77.9 Å². The van der Waals surface area contributed by atoms with Gasteiger partial charge in [0, 0.05) is 33.1 Å². The minimum absolute atomic E-state index is 0.00929. The Morgan fingerprint density at radius 3 is 2.45 bits per heavy atom. The van der Waals surface area contributed by atoms with E-state index in [0.717, 1.165) is 39.0 Å². The zero-order chi connectivity index (χ0) is 21.4. The number of benzene rings is 4. The normalized spacial score (nSPS) is 11.2. The van der Waals surface area contributed by atoms with E-state index >= 15 is 0 Å². The Bertz CT molecular complexity index is 1430. The van der Waals surface area contributed by atoms with Crippen LogP contribution in [0.5, 0.6) is 0 Å². The van der Waals surface area contributed by atoms with E-state index in [1.165, 1.54) is 16.3 Å². The van der Waals surface area contributed by atoms with Crippen molar-refractivity contribution in [2.45, 2.75) is 20.3 Å². The second-order valence-electron chi connectivity index (χ2n) is 8.10. The van der Waals surface area contributed by atoms with Crippen LogP contribution in [0.4, 0.5) is 5.69 Å². The number of amides is 1. The van der Waals surface area contributed by atoms with Gasteiger partial charge in [0.25, 0.3) is 0 Å². The molecule has 0 bridgehead atoms. The van der Waals surface area contributed by atoms with Crippen molar-refractivity contribution in [3.05, 3.63) is 102 Å². The maximum Gasteiger partial charge on any atom is 0.228 e.